The molecule has 1 aliphatic rings. The van der Waals surface area contributed by atoms with Gasteiger partial charge in [0.2, 0.25) is 5.91 Å². The van der Waals surface area contributed by atoms with Gasteiger partial charge in [-0.3, -0.25) is 9.78 Å². The second-order valence-electron chi connectivity index (χ2n) is 9.16. The lowest BCUT2D eigenvalue weighted by molar-refractivity contribution is -0.137. The largest absolute Gasteiger partial charge is 0.327 e. The van der Waals surface area contributed by atoms with Crippen LogP contribution in [0.1, 0.15) is 50.8 Å². The van der Waals surface area contributed by atoms with Crippen molar-refractivity contribution in [3.05, 3.63) is 70.9 Å². The van der Waals surface area contributed by atoms with Crippen molar-refractivity contribution in [1.29, 1.82) is 0 Å². The highest BCUT2D eigenvalue weighted by molar-refractivity contribution is 5.79. The fourth-order valence-electron chi connectivity index (χ4n) is 4.25. The maximum Gasteiger partial charge on any atom is 0.237 e. The first kappa shape index (κ1) is 26.3. The van der Waals surface area contributed by atoms with Crippen LogP contribution in [0.3, 0.4) is 0 Å². The minimum atomic E-state index is -1.51. The molecule has 0 saturated heterocycles. The summed E-state index contributed by atoms with van der Waals surface area (Å²) < 4.78 is 55.0. The lowest BCUT2D eigenvalue weighted by Crippen LogP contribution is -2.53. The van der Waals surface area contributed by atoms with Gasteiger partial charge in [-0.25, -0.2) is 22.5 Å². The number of nitrogens with two attached hydrogens (primary N) is 1. The summed E-state index contributed by atoms with van der Waals surface area (Å²) in [6, 6.07) is 4.93. The zero-order valence-corrected chi connectivity index (χ0v) is 20.4. The lowest BCUT2D eigenvalue weighted by atomic mass is 9.98. The highest BCUT2D eigenvalue weighted by Gasteiger charge is 2.41. The second-order valence-corrected chi connectivity index (χ2v) is 9.16. The normalized spacial score (nSPS) is 14.4. The Kier molecular flexibility index (Phi) is 7.64. The van der Waals surface area contributed by atoms with Gasteiger partial charge in [-0.05, 0) is 51.0 Å². The highest BCUT2D eigenvalue weighted by Crippen LogP contribution is 2.39. The van der Waals surface area contributed by atoms with E-state index in [1.54, 1.807) is 11.0 Å². The Morgan fingerprint density at radius 3 is 2.23 bits per heavy atom. The number of aryl methyl sites for hydroxylation is 1. The van der Waals surface area contributed by atoms with Crippen LogP contribution in [0.15, 0.2) is 30.5 Å². The molecule has 1 aromatic carbocycles. The number of aromatic nitrogens is 3. The molecule has 0 unspecified atom stereocenters. The minimum absolute atomic E-state index is 0.00462. The van der Waals surface area contributed by atoms with Crippen LogP contribution in [0.4, 0.5) is 17.6 Å². The number of hydrogen-bond donors (Lipinski definition) is 1. The number of carbonyl (C=O) groups is 1. The third kappa shape index (κ3) is 5.22. The van der Waals surface area contributed by atoms with E-state index in [1.807, 2.05) is 39.2 Å². The molecule has 1 amide bonds. The van der Waals surface area contributed by atoms with E-state index in [2.05, 4.69) is 9.97 Å². The summed E-state index contributed by atoms with van der Waals surface area (Å²) in [6.45, 7) is 10.3. The molecule has 0 radical (unpaired) electrons. The summed E-state index contributed by atoms with van der Waals surface area (Å²) in [4.78, 5) is 22.2. The molecule has 1 aliphatic heterocycles. The second kappa shape index (κ2) is 10.2. The maximum atomic E-state index is 13.8. The van der Waals surface area contributed by atoms with Gasteiger partial charge < -0.3 is 15.2 Å². The fourth-order valence-corrected chi connectivity index (χ4v) is 4.25. The van der Waals surface area contributed by atoms with Gasteiger partial charge in [-0.15, -0.1) is 0 Å². The first-order valence-corrected chi connectivity index (χ1v) is 11.2. The van der Waals surface area contributed by atoms with E-state index in [0.29, 0.717) is 24.6 Å². The van der Waals surface area contributed by atoms with E-state index in [0.717, 1.165) is 23.5 Å². The van der Waals surface area contributed by atoms with Gasteiger partial charge in [0.1, 0.15) is 11.6 Å². The molecule has 6 nitrogen and oxygen atoms in total. The molecule has 3 heterocycles. The number of rotatable bonds is 3. The van der Waals surface area contributed by atoms with Crippen LogP contribution in [0, 0.1) is 30.2 Å². The van der Waals surface area contributed by atoms with Crippen LogP contribution in [-0.2, 0) is 16.9 Å². The maximum absolute atomic E-state index is 13.8. The van der Waals surface area contributed by atoms with Gasteiger partial charge in [-0.1, -0.05) is 13.8 Å². The van der Waals surface area contributed by atoms with Crippen molar-refractivity contribution < 1.29 is 22.4 Å². The van der Waals surface area contributed by atoms with Crippen LogP contribution in [0.5, 0.6) is 0 Å². The lowest BCUT2D eigenvalue weighted by Gasteiger charge is -2.42. The summed E-state index contributed by atoms with van der Waals surface area (Å²) in [5.74, 6) is -3.88. The molecule has 0 atom stereocenters. The number of fused-ring (bicyclic) bond motifs is 1. The quantitative estimate of drug-likeness (QED) is 0.427. The zero-order chi connectivity index (χ0) is 26.1. The molecular weight excluding hydrogens is 462 g/mol. The number of pyridine rings is 1. The summed E-state index contributed by atoms with van der Waals surface area (Å²) >= 11 is 0. The monoisotopic (exact) mass is 491 g/mol. The first-order chi connectivity index (χ1) is 16.4. The number of benzene rings is 1. The van der Waals surface area contributed by atoms with Gasteiger partial charge in [0.05, 0.1) is 24.0 Å². The van der Waals surface area contributed by atoms with E-state index in [4.69, 9.17) is 5.73 Å². The molecule has 2 aromatic heterocycles. The van der Waals surface area contributed by atoms with E-state index >= 15 is 0 Å². The number of imidazole rings is 1. The molecule has 10 heteroatoms. The molecule has 188 valence electrons. The fraction of sp³-hybridized carbons (Fsp3) is 0.400. The van der Waals surface area contributed by atoms with Crippen LogP contribution >= 0.6 is 0 Å². The first-order valence-electron chi connectivity index (χ1n) is 11.2. The predicted octanol–water partition coefficient (Wildman–Crippen LogP) is 4.66. The van der Waals surface area contributed by atoms with Crippen molar-refractivity contribution >= 4 is 5.91 Å². The van der Waals surface area contributed by atoms with Crippen LogP contribution < -0.4 is 5.73 Å². The average Bonchev–Trinajstić information content (AvgIpc) is 3.20. The van der Waals surface area contributed by atoms with Gasteiger partial charge in [0.15, 0.2) is 17.5 Å². The summed E-state index contributed by atoms with van der Waals surface area (Å²) in [7, 11) is 0. The Morgan fingerprint density at radius 1 is 1.11 bits per heavy atom. The van der Waals surface area contributed by atoms with Crippen molar-refractivity contribution in [2.24, 2.45) is 5.73 Å². The smallest absolute Gasteiger partial charge is 0.237 e. The molecule has 0 fully saturated rings. The van der Waals surface area contributed by atoms with Crippen LogP contribution in [0.2, 0.25) is 0 Å². The third-order valence-corrected chi connectivity index (χ3v) is 5.93. The SMILES string of the molecule is CC(C)c1c(-c2cc(F)c(F)c(F)c2)nc2n1CCN(C(=O)CN)C2(C)C.Cc1ccc(F)cn1. The molecular formula is C25H29F4N5O. The number of nitrogens with zero attached hydrogens (tertiary/aromatic N) is 4. The van der Waals surface area contributed by atoms with Gasteiger partial charge in [-0.2, -0.15) is 0 Å². The Labute approximate surface area is 201 Å². The summed E-state index contributed by atoms with van der Waals surface area (Å²) in [5, 5.41) is 0. The Hall–Kier alpha value is -3.27. The minimum Gasteiger partial charge on any atom is -0.327 e. The number of amides is 1. The van der Waals surface area contributed by atoms with Crippen LogP contribution in [-0.4, -0.2) is 38.4 Å². The zero-order valence-electron chi connectivity index (χ0n) is 20.4. The third-order valence-electron chi connectivity index (χ3n) is 5.93. The van der Waals surface area contributed by atoms with Gasteiger partial charge in [0, 0.05) is 30.0 Å². The van der Waals surface area contributed by atoms with E-state index in [-0.39, 0.29) is 29.8 Å². The summed E-state index contributed by atoms with van der Waals surface area (Å²) in [5.41, 5.74) is 6.99. The Balaban J connectivity index is 0.000000363. The number of halogens is 4. The van der Waals surface area contributed by atoms with Gasteiger partial charge >= 0.3 is 0 Å². The highest BCUT2D eigenvalue weighted by atomic mass is 19.2. The standard InChI is InChI=1S/C19H23F3N4O.C6H6FN/c1-10(2)17-16(11-7-12(20)15(22)13(21)8-11)24-18-19(3,4)26(14(27)9-23)6-5-25(17)18;1-5-2-3-6(7)4-8-5/h7-8,10H,5-6,9,23H2,1-4H3;2-4H,1H3. The predicted molar refractivity (Wildman–Crippen MR) is 124 cm³/mol. The van der Waals surface area contributed by atoms with E-state index < -0.39 is 23.0 Å². The molecule has 35 heavy (non-hydrogen) atoms. The topological polar surface area (TPSA) is 77.0 Å². The molecule has 0 saturated carbocycles. The molecule has 3 aromatic rings. The average molecular weight is 492 g/mol. The number of carbonyl (C=O) groups excluding carboxylic acids is 1. The van der Waals surface area contributed by atoms with E-state index in [1.165, 1.54) is 12.3 Å². The Bertz CT molecular complexity index is 1180. The van der Waals surface area contributed by atoms with Crippen molar-refractivity contribution in [1.82, 2.24) is 19.4 Å². The van der Waals surface area contributed by atoms with Crippen molar-refractivity contribution in [3.63, 3.8) is 0 Å². The molecule has 0 bridgehead atoms. The van der Waals surface area contributed by atoms with Crippen molar-refractivity contribution in [2.75, 3.05) is 13.1 Å². The molecule has 0 aliphatic carbocycles. The summed E-state index contributed by atoms with van der Waals surface area (Å²) in [6.07, 6.45) is 1.20. The Morgan fingerprint density at radius 2 is 1.74 bits per heavy atom. The molecule has 4 rings (SSSR count). The molecule has 2 N–H and O–H groups in total. The van der Waals surface area contributed by atoms with Gasteiger partial charge in [0.25, 0.3) is 0 Å². The number of hydrogen-bond acceptors (Lipinski definition) is 4. The van der Waals surface area contributed by atoms with E-state index in [9.17, 15) is 22.4 Å². The molecule has 0 spiro atoms. The van der Waals surface area contributed by atoms with Crippen molar-refractivity contribution in [2.45, 2.75) is 52.6 Å². The van der Waals surface area contributed by atoms with Crippen LogP contribution in [0.25, 0.3) is 11.3 Å². The van der Waals surface area contributed by atoms with Crippen molar-refractivity contribution in [3.8, 4) is 11.3 Å².